The first kappa shape index (κ1) is 23.6. The minimum Gasteiger partial charge on any atom is -0.480 e. The van der Waals surface area contributed by atoms with Crippen molar-refractivity contribution in [3.8, 4) is 11.1 Å². The minimum absolute atomic E-state index is 0.0507. The number of piperazine rings is 1. The van der Waals surface area contributed by atoms with E-state index in [2.05, 4.69) is 0 Å². The van der Waals surface area contributed by atoms with Crippen LogP contribution in [0.2, 0.25) is 5.02 Å². The molecule has 1 fully saturated rings. The number of carboxylic acid groups (broad SMARTS) is 1. The van der Waals surface area contributed by atoms with Crippen LogP contribution in [0.25, 0.3) is 22.1 Å². The molecule has 1 aliphatic heterocycles. The van der Waals surface area contributed by atoms with Gasteiger partial charge in [-0.2, -0.15) is 0 Å². The largest absolute Gasteiger partial charge is 0.480 e. The summed E-state index contributed by atoms with van der Waals surface area (Å²) >= 11 is 6.18. The molecule has 1 N–H and O–H groups in total. The van der Waals surface area contributed by atoms with Gasteiger partial charge in [0.15, 0.2) is 0 Å². The molecule has 8 nitrogen and oxygen atoms in total. The molecule has 2 atom stereocenters. The number of benzene rings is 2. The van der Waals surface area contributed by atoms with Gasteiger partial charge in [0, 0.05) is 42.2 Å². The molecule has 1 saturated heterocycles. The number of halogens is 2. The number of rotatable bonds is 5. The van der Waals surface area contributed by atoms with Gasteiger partial charge in [0.1, 0.15) is 29.6 Å². The molecule has 0 bridgehead atoms. The molecule has 3 aromatic rings. The molecule has 0 aliphatic carbocycles. The maximum atomic E-state index is 13.5. The molecule has 0 saturated carbocycles. The van der Waals surface area contributed by atoms with E-state index >= 15 is 0 Å². The Hall–Kier alpha value is -3.56. The molecule has 4 rings (SSSR count). The quantitative estimate of drug-likeness (QED) is 0.335. The third kappa shape index (κ3) is 4.44. The monoisotopic (exact) mass is 486 g/mol. The number of nitrogens with zero attached hydrogens (tertiary/aromatic N) is 2. The predicted octanol–water partition coefficient (Wildman–Crippen LogP) is 2.76. The normalized spacial score (nSPS) is 17.5. The summed E-state index contributed by atoms with van der Waals surface area (Å²) in [4.78, 5) is 51.7. The first-order valence-corrected chi connectivity index (χ1v) is 10.8. The van der Waals surface area contributed by atoms with Crippen molar-refractivity contribution in [2.75, 3.05) is 26.7 Å². The van der Waals surface area contributed by atoms with Crippen LogP contribution in [0.5, 0.6) is 0 Å². The van der Waals surface area contributed by atoms with E-state index in [1.54, 1.807) is 24.1 Å². The minimum atomic E-state index is -1.20. The van der Waals surface area contributed by atoms with Crippen molar-refractivity contribution in [3.05, 3.63) is 69.3 Å². The van der Waals surface area contributed by atoms with Gasteiger partial charge in [-0.25, -0.2) is 9.18 Å². The Balaban J connectivity index is 1.72. The third-order valence-corrected chi connectivity index (χ3v) is 6.31. The summed E-state index contributed by atoms with van der Waals surface area (Å²) in [6, 6.07) is 8.75. The van der Waals surface area contributed by atoms with Gasteiger partial charge in [0.05, 0.1) is 5.02 Å². The average molecular weight is 487 g/mol. The van der Waals surface area contributed by atoms with Crippen LogP contribution in [-0.2, 0) is 14.4 Å². The van der Waals surface area contributed by atoms with Crippen molar-refractivity contribution in [2.45, 2.75) is 12.0 Å². The van der Waals surface area contributed by atoms with Crippen LogP contribution in [0.15, 0.2) is 51.7 Å². The molecule has 1 aromatic heterocycles. The van der Waals surface area contributed by atoms with Crippen LogP contribution in [0.3, 0.4) is 0 Å². The second kappa shape index (κ2) is 9.36. The van der Waals surface area contributed by atoms with Crippen molar-refractivity contribution < 1.29 is 28.3 Å². The Bertz CT molecular complexity index is 1360. The SMILES string of the molecule is CN1CCN(C(=O)[C@@H](C=O)c2ccc3c(-c4ccc(F)cc4Cl)cc(=O)oc3c2)CC1C(=O)O. The molecular formula is C24H20ClFN2O6. The lowest BCUT2D eigenvalue weighted by molar-refractivity contribution is -0.148. The molecule has 10 heteroatoms. The fourth-order valence-corrected chi connectivity index (χ4v) is 4.39. The fraction of sp³-hybridized carbons (Fsp3) is 0.250. The zero-order valence-corrected chi connectivity index (χ0v) is 18.8. The first-order valence-electron chi connectivity index (χ1n) is 10.4. The van der Waals surface area contributed by atoms with E-state index in [1.807, 2.05) is 0 Å². The molecule has 0 radical (unpaired) electrons. The number of likely N-dealkylation sites (N-methyl/N-ethyl adjacent to an activating group) is 1. The van der Waals surface area contributed by atoms with Gasteiger partial charge in [0.2, 0.25) is 5.91 Å². The smallest absolute Gasteiger partial charge is 0.336 e. The van der Waals surface area contributed by atoms with Gasteiger partial charge in [-0.15, -0.1) is 0 Å². The predicted molar refractivity (Wildman–Crippen MR) is 122 cm³/mol. The lowest BCUT2D eigenvalue weighted by Crippen LogP contribution is -2.57. The second-order valence-corrected chi connectivity index (χ2v) is 8.50. The topological polar surface area (TPSA) is 108 Å². The number of aliphatic carboxylic acids is 1. The third-order valence-electron chi connectivity index (χ3n) is 6.00. The van der Waals surface area contributed by atoms with E-state index in [1.165, 1.54) is 29.2 Å². The highest BCUT2D eigenvalue weighted by molar-refractivity contribution is 6.33. The Labute approximate surface area is 198 Å². The highest BCUT2D eigenvalue weighted by atomic mass is 35.5. The van der Waals surface area contributed by atoms with E-state index in [0.29, 0.717) is 34.9 Å². The first-order chi connectivity index (χ1) is 16.2. The summed E-state index contributed by atoms with van der Waals surface area (Å²) in [6.07, 6.45) is 0.483. The number of amides is 1. The molecule has 2 aromatic carbocycles. The van der Waals surface area contributed by atoms with Gasteiger partial charge >= 0.3 is 11.6 Å². The maximum absolute atomic E-state index is 13.5. The molecule has 34 heavy (non-hydrogen) atoms. The van der Waals surface area contributed by atoms with Gasteiger partial charge in [-0.1, -0.05) is 23.7 Å². The van der Waals surface area contributed by atoms with E-state index in [-0.39, 0.29) is 23.7 Å². The van der Waals surface area contributed by atoms with Crippen LogP contribution >= 0.6 is 11.6 Å². The Morgan fingerprint density at radius 1 is 1.18 bits per heavy atom. The second-order valence-electron chi connectivity index (χ2n) is 8.09. The number of aldehydes is 1. The summed E-state index contributed by atoms with van der Waals surface area (Å²) < 4.78 is 18.8. The highest BCUT2D eigenvalue weighted by Crippen LogP contribution is 2.34. The van der Waals surface area contributed by atoms with Crippen molar-refractivity contribution in [1.82, 2.24) is 9.80 Å². The lowest BCUT2D eigenvalue weighted by atomic mass is 9.95. The van der Waals surface area contributed by atoms with Crippen LogP contribution in [-0.4, -0.2) is 65.8 Å². The molecule has 0 spiro atoms. The number of hydrogen-bond acceptors (Lipinski definition) is 6. The Kier molecular flexibility index (Phi) is 6.49. The van der Waals surface area contributed by atoms with Crippen molar-refractivity contribution in [1.29, 1.82) is 0 Å². The lowest BCUT2D eigenvalue weighted by Gasteiger charge is -2.38. The van der Waals surface area contributed by atoms with Gasteiger partial charge in [0.25, 0.3) is 0 Å². The summed E-state index contributed by atoms with van der Waals surface area (Å²) in [5.74, 6) is -3.31. The van der Waals surface area contributed by atoms with E-state index in [0.717, 1.165) is 6.07 Å². The number of carboxylic acids is 1. The molecule has 1 aliphatic rings. The van der Waals surface area contributed by atoms with Crippen molar-refractivity contribution >= 4 is 40.7 Å². The van der Waals surface area contributed by atoms with E-state index in [9.17, 15) is 28.7 Å². The van der Waals surface area contributed by atoms with Crippen LogP contribution < -0.4 is 5.63 Å². The zero-order chi connectivity index (χ0) is 24.6. The van der Waals surface area contributed by atoms with Crippen molar-refractivity contribution in [2.24, 2.45) is 0 Å². The van der Waals surface area contributed by atoms with Gasteiger partial charge in [-0.05, 0) is 36.9 Å². The molecule has 176 valence electrons. The Morgan fingerprint density at radius 3 is 2.62 bits per heavy atom. The number of fused-ring (bicyclic) bond motifs is 1. The molecular weight excluding hydrogens is 467 g/mol. The summed E-state index contributed by atoms with van der Waals surface area (Å²) in [6.45, 7) is 0.576. The number of carbonyl (C=O) groups excluding carboxylic acids is 2. The fourth-order valence-electron chi connectivity index (χ4n) is 4.12. The zero-order valence-electron chi connectivity index (χ0n) is 18.0. The van der Waals surface area contributed by atoms with Crippen LogP contribution in [0.4, 0.5) is 4.39 Å². The summed E-state index contributed by atoms with van der Waals surface area (Å²) in [5, 5.41) is 10.00. The molecule has 2 heterocycles. The van der Waals surface area contributed by atoms with Gasteiger partial charge < -0.3 is 19.2 Å². The molecule has 1 amide bonds. The number of hydrogen-bond donors (Lipinski definition) is 1. The standard InChI is InChI=1S/C24H20ClFN2O6/c1-27-6-7-28(11-20(27)24(32)33)23(31)18(12-29)13-2-4-16-17(10-22(30)34-21(16)8-13)15-5-3-14(26)9-19(15)25/h2-5,8-10,12,18,20H,6-7,11H2,1H3,(H,32,33)/t18-,20?/m0/s1. The highest BCUT2D eigenvalue weighted by Gasteiger charge is 2.35. The number of carbonyl (C=O) groups is 3. The molecule has 1 unspecified atom stereocenters. The average Bonchev–Trinajstić information content (AvgIpc) is 2.79. The van der Waals surface area contributed by atoms with Crippen LogP contribution in [0, 0.1) is 5.82 Å². The van der Waals surface area contributed by atoms with Crippen LogP contribution in [0.1, 0.15) is 11.5 Å². The van der Waals surface area contributed by atoms with E-state index in [4.69, 9.17) is 16.0 Å². The van der Waals surface area contributed by atoms with Crippen molar-refractivity contribution in [3.63, 3.8) is 0 Å². The van der Waals surface area contributed by atoms with E-state index < -0.39 is 35.3 Å². The summed E-state index contributed by atoms with van der Waals surface area (Å²) in [5.41, 5.74) is 0.581. The van der Waals surface area contributed by atoms with Gasteiger partial charge in [-0.3, -0.25) is 14.5 Å². The maximum Gasteiger partial charge on any atom is 0.336 e. The summed E-state index contributed by atoms with van der Waals surface area (Å²) in [7, 11) is 1.66. The Morgan fingerprint density at radius 2 is 1.94 bits per heavy atom.